The zero-order valence-electron chi connectivity index (χ0n) is 16.4. The Morgan fingerprint density at radius 1 is 1.21 bits per heavy atom. The molecule has 0 saturated carbocycles. The van der Waals surface area contributed by atoms with E-state index in [0.29, 0.717) is 29.7 Å². The fourth-order valence-corrected chi connectivity index (χ4v) is 3.69. The van der Waals surface area contributed by atoms with Crippen molar-refractivity contribution in [2.45, 2.75) is 51.1 Å². The van der Waals surface area contributed by atoms with Crippen LogP contribution in [0.15, 0.2) is 24.3 Å². The molecule has 0 N–H and O–H groups in total. The monoisotopic (exact) mass is 410 g/mol. The van der Waals surface area contributed by atoms with Crippen LogP contribution in [0.25, 0.3) is 0 Å². The number of ether oxygens (including phenoxy) is 2. The number of nitro groups is 1. The molecule has 28 heavy (non-hydrogen) atoms. The summed E-state index contributed by atoms with van der Waals surface area (Å²) in [6.45, 7) is 6.75. The molecule has 9 heteroatoms. The number of benzene rings is 1. The van der Waals surface area contributed by atoms with Gasteiger partial charge in [-0.2, -0.15) is 0 Å². The molecule has 0 aromatic heterocycles. The van der Waals surface area contributed by atoms with Gasteiger partial charge in [0.2, 0.25) is 0 Å². The van der Waals surface area contributed by atoms with E-state index in [-0.39, 0.29) is 18.3 Å². The first-order valence-electron chi connectivity index (χ1n) is 9.12. The van der Waals surface area contributed by atoms with Crippen molar-refractivity contribution >= 4 is 29.5 Å². The molecule has 1 aliphatic heterocycles. The molecule has 0 bridgehead atoms. The lowest BCUT2D eigenvalue weighted by atomic mass is 10.1. The number of amides is 1. The molecule has 1 amide bonds. The molecule has 1 aliphatic rings. The molecule has 8 nitrogen and oxygen atoms in total. The topological polar surface area (TPSA) is 99.0 Å². The second-order valence-electron chi connectivity index (χ2n) is 7.56. The summed E-state index contributed by atoms with van der Waals surface area (Å²) in [4.78, 5) is 35.8. The van der Waals surface area contributed by atoms with Crippen molar-refractivity contribution in [3.63, 3.8) is 0 Å². The molecule has 2 rings (SSSR count). The van der Waals surface area contributed by atoms with E-state index < -0.39 is 16.6 Å². The summed E-state index contributed by atoms with van der Waals surface area (Å²) in [5.74, 6) is 0.0921. The number of non-ortho nitro benzene ring substituents is 1. The van der Waals surface area contributed by atoms with E-state index in [1.807, 2.05) is 20.8 Å². The van der Waals surface area contributed by atoms with Gasteiger partial charge in [0.05, 0.1) is 10.7 Å². The molecule has 1 aromatic rings. The van der Waals surface area contributed by atoms with Gasteiger partial charge in [0, 0.05) is 30.5 Å². The Kier molecular flexibility index (Phi) is 7.68. The first-order valence-corrected chi connectivity index (χ1v) is 10.2. The van der Waals surface area contributed by atoms with Gasteiger partial charge >= 0.3 is 12.1 Å². The van der Waals surface area contributed by atoms with Crippen molar-refractivity contribution in [1.82, 2.24) is 4.90 Å². The van der Waals surface area contributed by atoms with Gasteiger partial charge in [-0.3, -0.25) is 14.9 Å². The smallest absolute Gasteiger partial charge is 0.410 e. The lowest BCUT2D eigenvalue weighted by Gasteiger charge is -2.31. The van der Waals surface area contributed by atoms with Crippen LogP contribution in [-0.2, 0) is 20.9 Å². The predicted octanol–water partition coefficient (Wildman–Crippen LogP) is 3.77. The fourth-order valence-electron chi connectivity index (χ4n) is 2.71. The number of likely N-dealkylation sites (tertiary alicyclic amines) is 1. The highest BCUT2D eigenvalue weighted by Gasteiger charge is 2.25. The van der Waals surface area contributed by atoms with E-state index in [1.165, 1.54) is 12.1 Å². The standard InChI is InChI=1S/C19H26N2O6S/c1-19(2,3)27-17(22)13-28-16-8-10-20(11-9-16)18(23)26-12-14-4-6-15(7-5-14)21(24)25/h4-7,16H,8-13H2,1-3H3. The fraction of sp³-hybridized carbons (Fsp3) is 0.579. The SMILES string of the molecule is CC(C)(C)OC(=O)CSC1CCN(C(=O)OCc2ccc([N+](=O)[O-])cc2)CC1. The Hall–Kier alpha value is -2.29. The second kappa shape index (κ2) is 9.77. The zero-order valence-corrected chi connectivity index (χ0v) is 17.2. The number of hydrogen-bond acceptors (Lipinski definition) is 7. The molecule has 1 fully saturated rings. The van der Waals surface area contributed by atoms with Gasteiger partial charge in [-0.1, -0.05) is 0 Å². The highest BCUT2D eigenvalue weighted by molar-refractivity contribution is 8.00. The first kappa shape index (κ1) is 22.0. The van der Waals surface area contributed by atoms with Crippen LogP contribution in [-0.4, -0.2) is 51.6 Å². The van der Waals surface area contributed by atoms with Gasteiger partial charge in [-0.15, -0.1) is 11.8 Å². The second-order valence-corrected chi connectivity index (χ2v) is 8.85. The molecule has 0 unspecified atom stereocenters. The molecule has 1 aromatic carbocycles. The van der Waals surface area contributed by atoms with E-state index in [2.05, 4.69) is 0 Å². The largest absolute Gasteiger partial charge is 0.459 e. The Morgan fingerprint density at radius 3 is 2.36 bits per heavy atom. The molecule has 1 saturated heterocycles. The molecule has 0 spiro atoms. The van der Waals surface area contributed by atoms with Crippen molar-refractivity contribution in [3.05, 3.63) is 39.9 Å². The lowest BCUT2D eigenvalue weighted by Crippen LogP contribution is -2.39. The number of thioether (sulfide) groups is 1. The van der Waals surface area contributed by atoms with Gasteiger partial charge in [-0.25, -0.2) is 4.79 Å². The zero-order chi connectivity index (χ0) is 20.7. The number of rotatable bonds is 6. The molecule has 1 heterocycles. The highest BCUT2D eigenvalue weighted by atomic mass is 32.2. The molecular weight excluding hydrogens is 384 g/mol. The van der Waals surface area contributed by atoms with Gasteiger partial charge < -0.3 is 14.4 Å². The van der Waals surface area contributed by atoms with Crippen LogP contribution in [0.4, 0.5) is 10.5 Å². The number of nitrogens with zero attached hydrogens (tertiary/aromatic N) is 2. The third-order valence-corrected chi connectivity index (χ3v) is 5.41. The summed E-state index contributed by atoms with van der Waals surface area (Å²) in [7, 11) is 0. The van der Waals surface area contributed by atoms with Crippen LogP contribution in [0.3, 0.4) is 0 Å². The Labute approximate surface area is 168 Å². The lowest BCUT2D eigenvalue weighted by molar-refractivity contribution is -0.384. The van der Waals surface area contributed by atoms with Gasteiger partial charge in [0.25, 0.3) is 5.69 Å². The van der Waals surface area contributed by atoms with Crippen LogP contribution in [0, 0.1) is 10.1 Å². The highest BCUT2D eigenvalue weighted by Crippen LogP contribution is 2.24. The number of piperidine rings is 1. The van der Waals surface area contributed by atoms with Crippen molar-refractivity contribution in [2.24, 2.45) is 0 Å². The van der Waals surface area contributed by atoms with Crippen molar-refractivity contribution in [3.8, 4) is 0 Å². The number of carbonyl (C=O) groups is 2. The molecule has 0 atom stereocenters. The minimum atomic E-state index is -0.478. The van der Waals surface area contributed by atoms with Crippen molar-refractivity contribution in [2.75, 3.05) is 18.8 Å². The average molecular weight is 410 g/mol. The van der Waals surface area contributed by atoms with E-state index in [9.17, 15) is 19.7 Å². The number of hydrogen-bond donors (Lipinski definition) is 0. The molecule has 0 radical (unpaired) electrons. The minimum absolute atomic E-state index is 0.000954. The summed E-state index contributed by atoms with van der Waals surface area (Å²) in [6.07, 6.45) is 1.19. The van der Waals surface area contributed by atoms with E-state index in [1.54, 1.807) is 28.8 Å². The maximum absolute atomic E-state index is 12.2. The summed E-state index contributed by atoms with van der Waals surface area (Å²) in [5.41, 5.74) is 0.219. The maximum Gasteiger partial charge on any atom is 0.410 e. The van der Waals surface area contributed by atoms with Gasteiger partial charge in [-0.05, 0) is 51.3 Å². The quantitative estimate of drug-likeness (QED) is 0.400. The van der Waals surface area contributed by atoms with Crippen LogP contribution < -0.4 is 0 Å². The number of esters is 1. The van der Waals surface area contributed by atoms with Crippen LogP contribution in [0.2, 0.25) is 0 Å². The van der Waals surface area contributed by atoms with Gasteiger partial charge in [0.1, 0.15) is 12.2 Å². The first-order chi connectivity index (χ1) is 13.1. The third-order valence-electron chi connectivity index (χ3n) is 4.07. The molecule has 0 aliphatic carbocycles. The van der Waals surface area contributed by atoms with Gasteiger partial charge in [0.15, 0.2) is 0 Å². The Balaban J connectivity index is 1.68. The van der Waals surface area contributed by atoms with E-state index in [4.69, 9.17) is 9.47 Å². The maximum atomic E-state index is 12.2. The Morgan fingerprint density at radius 2 is 1.82 bits per heavy atom. The van der Waals surface area contributed by atoms with Crippen molar-refractivity contribution in [1.29, 1.82) is 0 Å². The van der Waals surface area contributed by atoms with Crippen LogP contribution in [0.5, 0.6) is 0 Å². The van der Waals surface area contributed by atoms with Crippen molar-refractivity contribution < 1.29 is 24.0 Å². The number of carbonyl (C=O) groups excluding carboxylic acids is 2. The van der Waals surface area contributed by atoms with Crippen LogP contribution in [0.1, 0.15) is 39.2 Å². The third kappa shape index (κ3) is 7.38. The predicted molar refractivity (Wildman–Crippen MR) is 106 cm³/mol. The summed E-state index contributed by atoms with van der Waals surface area (Å²) < 4.78 is 10.6. The van der Waals surface area contributed by atoms with E-state index >= 15 is 0 Å². The normalized spacial score (nSPS) is 15.2. The average Bonchev–Trinajstić information content (AvgIpc) is 2.64. The van der Waals surface area contributed by atoms with Crippen LogP contribution >= 0.6 is 11.8 Å². The summed E-state index contributed by atoms with van der Waals surface area (Å²) in [6, 6.07) is 5.92. The number of nitro benzene ring substituents is 1. The Bertz CT molecular complexity index is 693. The molecule has 154 valence electrons. The summed E-state index contributed by atoms with van der Waals surface area (Å²) >= 11 is 1.57. The summed E-state index contributed by atoms with van der Waals surface area (Å²) in [5, 5.41) is 11.0. The van der Waals surface area contributed by atoms with E-state index in [0.717, 1.165) is 12.8 Å². The molecular formula is C19H26N2O6S. The minimum Gasteiger partial charge on any atom is -0.459 e.